The molecule has 0 aromatic heterocycles. The van der Waals surface area contributed by atoms with Gasteiger partial charge in [0.15, 0.2) is 6.61 Å². The van der Waals surface area contributed by atoms with Crippen LogP contribution < -0.4 is 10.1 Å². The van der Waals surface area contributed by atoms with Gasteiger partial charge in [-0.05, 0) is 81.1 Å². The van der Waals surface area contributed by atoms with Gasteiger partial charge in [0.25, 0.3) is 5.91 Å². The number of hydrogen-bond donors (Lipinski definition) is 1. The first-order valence-electron chi connectivity index (χ1n) is 12.1. The van der Waals surface area contributed by atoms with Crippen LogP contribution in [0.3, 0.4) is 0 Å². The summed E-state index contributed by atoms with van der Waals surface area (Å²) in [6.07, 6.45) is 0.333. The van der Waals surface area contributed by atoms with Gasteiger partial charge in [0.05, 0.1) is 0 Å². The summed E-state index contributed by atoms with van der Waals surface area (Å²) in [6, 6.07) is 20.4. The second-order valence-corrected chi connectivity index (χ2v) is 10.1. The topological polar surface area (TPSA) is 58.6 Å². The van der Waals surface area contributed by atoms with Crippen LogP contribution in [-0.2, 0) is 22.6 Å². The number of nitrogens with zero attached hydrogens (tertiary/aromatic N) is 1. The smallest absolute Gasteiger partial charge is 0.261 e. The minimum atomic E-state index is -0.785. The van der Waals surface area contributed by atoms with E-state index in [9.17, 15) is 14.0 Å². The van der Waals surface area contributed by atoms with Crippen LogP contribution in [0.2, 0.25) is 0 Å². The van der Waals surface area contributed by atoms with E-state index in [0.29, 0.717) is 12.2 Å². The van der Waals surface area contributed by atoms with Crippen LogP contribution in [0.1, 0.15) is 43.0 Å². The third-order valence-corrected chi connectivity index (χ3v) is 5.88. The van der Waals surface area contributed by atoms with E-state index in [1.165, 1.54) is 17.0 Å². The Hall–Kier alpha value is -3.67. The number of carbonyl (C=O) groups excluding carboxylic acids is 2. The standard InChI is InChI=1S/C30H35FN2O3/c1-21-11-16-26(17-22(21)2)36-20-28(34)33(19-24-12-14-25(31)15-13-24)27(29(35)32-30(3,4)5)18-23-9-7-6-8-10-23/h6-17,27H,18-20H2,1-5H3,(H,32,35)/t27-/m1/s1. The molecule has 0 aliphatic carbocycles. The molecule has 1 N–H and O–H groups in total. The zero-order valence-corrected chi connectivity index (χ0v) is 21.7. The molecule has 0 saturated carbocycles. The van der Waals surface area contributed by atoms with E-state index >= 15 is 0 Å². The monoisotopic (exact) mass is 490 g/mol. The second-order valence-electron chi connectivity index (χ2n) is 10.1. The van der Waals surface area contributed by atoms with E-state index in [-0.39, 0.29) is 30.8 Å². The normalized spacial score (nSPS) is 12.1. The van der Waals surface area contributed by atoms with Crippen molar-refractivity contribution in [2.75, 3.05) is 6.61 Å². The van der Waals surface area contributed by atoms with E-state index in [1.807, 2.05) is 83.1 Å². The summed E-state index contributed by atoms with van der Waals surface area (Å²) in [5.41, 5.74) is 3.37. The van der Waals surface area contributed by atoms with Crippen LogP contribution in [0, 0.1) is 19.7 Å². The fourth-order valence-corrected chi connectivity index (χ4v) is 3.83. The van der Waals surface area contributed by atoms with Crippen LogP contribution in [-0.4, -0.2) is 34.9 Å². The predicted octanol–water partition coefficient (Wildman–Crippen LogP) is 5.38. The predicted molar refractivity (Wildman–Crippen MR) is 140 cm³/mol. The van der Waals surface area contributed by atoms with Gasteiger partial charge < -0.3 is 15.0 Å². The van der Waals surface area contributed by atoms with Gasteiger partial charge in [0.1, 0.15) is 17.6 Å². The van der Waals surface area contributed by atoms with E-state index in [0.717, 1.165) is 22.3 Å². The number of benzene rings is 3. The van der Waals surface area contributed by atoms with E-state index in [1.54, 1.807) is 12.1 Å². The molecule has 0 radical (unpaired) electrons. The number of aryl methyl sites for hydroxylation is 2. The number of halogens is 1. The summed E-state index contributed by atoms with van der Waals surface area (Å²) in [4.78, 5) is 28.6. The molecule has 0 saturated heterocycles. The number of amides is 2. The maximum Gasteiger partial charge on any atom is 0.261 e. The van der Waals surface area contributed by atoms with Crippen LogP contribution in [0.25, 0.3) is 0 Å². The fourth-order valence-electron chi connectivity index (χ4n) is 3.83. The molecule has 5 nitrogen and oxygen atoms in total. The molecule has 36 heavy (non-hydrogen) atoms. The Bertz CT molecular complexity index is 1170. The maximum absolute atomic E-state index is 13.6. The first-order chi connectivity index (χ1) is 17.0. The molecule has 3 aromatic rings. The highest BCUT2D eigenvalue weighted by Crippen LogP contribution is 2.19. The minimum Gasteiger partial charge on any atom is -0.484 e. The summed E-state index contributed by atoms with van der Waals surface area (Å²) >= 11 is 0. The van der Waals surface area contributed by atoms with Crippen molar-refractivity contribution in [2.45, 2.75) is 59.2 Å². The van der Waals surface area contributed by atoms with Gasteiger partial charge in [-0.15, -0.1) is 0 Å². The van der Waals surface area contributed by atoms with Crippen molar-refractivity contribution in [1.82, 2.24) is 10.2 Å². The molecular formula is C30H35FN2O3. The lowest BCUT2D eigenvalue weighted by molar-refractivity contribution is -0.143. The molecule has 0 spiro atoms. The van der Waals surface area contributed by atoms with Crippen LogP contribution in [0.5, 0.6) is 5.75 Å². The molecule has 0 fully saturated rings. The van der Waals surface area contributed by atoms with Gasteiger partial charge in [0, 0.05) is 18.5 Å². The van der Waals surface area contributed by atoms with Gasteiger partial charge in [-0.25, -0.2) is 4.39 Å². The van der Waals surface area contributed by atoms with Crippen molar-refractivity contribution in [3.8, 4) is 5.75 Å². The van der Waals surface area contributed by atoms with Crippen molar-refractivity contribution >= 4 is 11.8 Å². The molecule has 0 bridgehead atoms. The van der Waals surface area contributed by atoms with Crippen LogP contribution in [0.4, 0.5) is 4.39 Å². The third kappa shape index (κ3) is 7.94. The zero-order chi connectivity index (χ0) is 26.3. The SMILES string of the molecule is Cc1ccc(OCC(=O)N(Cc2ccc(F)cc2)[C@H](Cc2ccccc2)C(=O)NC(C)(C)C)cc1C. The summed E-state index contributed by atoms with van der Waals surface area (Å²) in [5, 5.41) is 3.02. The van der Waals surface area contributed by atoms with E-state index < -0.39 is 11.6 Å². The van der Waals surface area contributed by atoms with Crippen molar-refractivity contribution in [2.24, 2.45) is 0 Å². The average Bonchev–Trinajstić information content (AvgIpc) is 2.82. The lowest BCUT2D eigenvalue weighted by Gasteiger charge is -2.33. The number of rotatable bonds is 9. The summed E-state index contributed by atoms with van der Waals surface area (Å²) in [7, 11) is 0. The quantitative estimate of drug-likeness (QED) is 0.438. The highest BCUT2D eigenvalue weighted by Gasteiger charge is 2.32. The molecule has 1 atom stereocenters. The van der Waals surface area contributed by atoms with Gasteiger partial charge in [0.2, 0.25) is 5.91 Å². The maximum atomic E-state index is 13.6. The summed E-state index contributed by atoms with van der Waals surface area (Å²) < 4.78 is 19.4. The summed E-state index contributed by atoms with van der Waals surface area (Å²) in [6.45, 7) is 9.62. The lowest BCUT2D eigenvalue weighted by Crippen LogP contribution is -2.55. The van der Waals surface area contributed by atoms with Gasteiger partial charge in [-0.2, -0.15) is 0 Å². The Labute approximate surface area is 213 Å². The molecule has 3 rings (SSSR count). The zero-order valence-electron chi connectivity index (χ0n) is 21.7. The van der Waals surface area contributed by atoms with Crippen molar-refractivity contribution in [3.63, 3.8) is 0 Å². The average molecular weight is 491 g/mol. The van der Waals surface area contributed by atoms with Gasteiger partial charge in [-0.3, -0.25) is 9.59 Å². The Morgan fingerprint density at radius 3 is 2.19 bits per heavy atom. The third-order valence-electron chi connectivity index (χ3n) is 5.88. The van der Waals surface area contributed by atoms with Crippen LogP contribution >= 0.6 is 0 Å². The second kappa shape index (κ2) is 11.8. The highest BCUT2D eigenvalue weighted by molar-refractivity contribution is 5.89. The molecule has 190 valence electrons. The fraction of sp³-hybridized carbons (Fsp3) is 0.333. The van der Waals surface area contributed by atoms with Crippen molar-refractivity contribution < 1.29 is 18.7 Å². The molecule has 3 aromatic carbocycles. The van der Waals surface area contributed by atoms with Gasteiger partial charge >= 0.3 is 0 Å². The Morgan fingerprint density at radius 2 is 1.58 bits per heavy atom. The van der Waals surface area contributed by atoms with E-state index in [2.05, 4.69) is 5.32 Å². The van der Waals surface area contributed by atoms with Crippen molar-refractivity contribution in [1.29, 1.82) is 0 Å². The molecule has 2 amide bonds. The van der Waals surface area contributed by atoms with Crippen LogP contribution in [0.15, 0.2) is 72.8 Å². The Morgan fingerprint density at radius 1 is 0.917 bits per heavy atom. The Kier molecular flexibility index (Phi) is 8.86. The molecule has 0 heterocycles. The summed E-state index contributed by atoms with van der Waals surface area (Å²) in [5.74, 6) is -0.358. The van der Waals surface area contributed by atoms with Crippen molar-refractivity contribution in [3.05, 3.63) is 101 Å². The molecule has 6 heteroatoms. The highest BCUT2D eigenvalue weighted by atomic mass is 19.1. The molecule has 0 unspecified atom stereocenters. The Balaban J connectivity index is 1.92. The van der Waals surface area contributed by atoms with E-state index in [4.69, 9.17) is 4.74 Å². The molecule has 0 aliphatic heterocycles. The largest absolute Gasteiger partial charge is 0.484 e. The number of ether oxygens (including phenoxy) is 1. The number of nitrogens with one attached hydrogen (secondary N) is 1. The number of hydrogen-bond acceptors (Lipinski definition) is 3. The molecule has 0 aliphatic rings. The first kappa shape index (κ1) is 26.9. The van der Waals surface area contributed by atoms with Gasteiger partial charge in [-0.1, -0.05) is 48.5 Å². The minimum absolute atomic E-state index is 0.143. The number of carbonyl (C=O) groups is 2. The first-order valence-corrected chi connectivity index (χ1v) is 12.1. The molecular weight excluding hydrogens is 455 g/mol. The lowest BCUT2D eigenvalue weighted by atomic mass is 10.0.